The van der Waals surface area contributed by atoms with Crippen molar-refractivity contribution in [2.75, 3.05) is 6.61 Å². The van der Waals surface area contributed by atoms with Gasteiger partial charge in [0.05, 0.1) is 6.10 Å². The summed E-state index contributed by atoms with van der Waals surface area (Å²) in [4.78, 5) is 0. The van der Waals surface area contributed by atoms with Crippen LogP contribution in [0.5, 0.6) is 0 Å². The molecule has 3 rings (SSSR count). The van der Waals surface area contributed by atoms with Crippen molar-refractivity contribution < 1.29 is 8.85 Å². The van der Waals surface area contributed by atoms with Crippen molar-refractivity contribution in [2.45, 2.75) is 52.1 Å². The molecule has 0 N–H and O–H groups in total. The van der Waals surface area contributed by atoms with Gasteiger partial charge in [-0.05, 0) is 36.1 Å². The Bertz CT molecular complexity index is 589. The zero-order valence-corrected chi connectivity index (χ0v) is 16.5. The van der Waals surface area contributed by atoms with E-state index in [1.165, 1.54) is 36.1 Å². The fourth-order valence-corrected chi connectivity index (χ4v) is 7.44. The summed E-state index contributed by atoms with van der Waals surface area (Å²) in [7, 11) is -2.69. The zero-order valence-electron chi connectivity index (χ0n) is 15.5. The third-order valence-electron chi connectivity index (χ3n) is 5.34. The molecular formula is C22H30O2Si. The molecule has 25 heavy (non-hydrogen) atoms. The molecule has 0 amide bonds. The molecule has 1 aliphatic rings. The van der Waals surface area contributed by atoms with Crippen molar-refractivity contribution in [1.82, 2.24) is 0 Å². The maximum atomic E-state index is 7.01. The molecule has 1 fully saturated rings. The van der Waals surface area contributed by atoms with Crippen LogP contribution in [0.25, 0.3) is 0 Å². The van der Waals surface area contributed by atoms with Gasteiger partial charge >= 0.3 is 8.56 Å². The lowest BCUT2D eigenvalue weighted by Gasteiger charge is -2.39. The summed E-state index contributed by atoms with van der Waals surface area (Å²) < 4.78 is 13.5. The Morgan fingerprint density at radius 2 is 1.40 bits per heavy atom. The highest BCUT2D eigenvalue weighted by atomic mass is 28.4. The maximum absolute atomic E-state index is 7.01. The molecule has 1 saturated carbocycles. The zero-order chi connectivity index (χ0) is 17.5. The molecule has 2 unspecified atom stereocenters. The van der Waals surface area contributed by atoms with E-state index in [1.807, 2.05) is 0 Å². The number of hydrogen-bond donors (Lipinski definition) is 0. The molecule has 1 aliphatic carbocycles. The molecule has 134 valence electrons. The summed E-state index contributed by atoms with van der Waals surface area (Å²) in [6.45, 7) is 5.04. The molecule has 3 heteroatoms. The monoisotopic (exact) mass is 354 g/mol. The molecule has 2 atom stereocenters. The highest BCUT2D eigenvalue weighted by molar-refractivity contribution is 6.92. The Morgan fingerprint density at radius 3 is 1.92 bits per heavy atom. The van der Waals surface area contributed by atoms with E-state index in [0.29, 0.717) is 18.6 Å². The molecule has 0 heterocycles. The van der Waals surface area contributed by atoms with Crippen molar-refractivity contribution in [2.24, 2.45) is 5.92 Å². The van der Waals surface area contributed by atoms with Gasteiger partial charge in [-0.15, -0.1) is 0 Å². The van der Waals surface area contributed by atoms with Gasteiger partial charge < -0.3 is 8.85 Å². The first-order valence-electron chi connectivity index (χ1n) is 9.73. The van der Waals surface area contributed by atoms with E-state index in [4.69, 9.17) is 8.85 Å². The van der Waals surface area contributed by atoms with Gasteiger partial charge in [0, 0.05) is 6.61 Å². The normalized spacial score (nSPS) is 21.2. The second-order valence-electron chi connectivity index (χ2n) is 6.89. The van der Waals surface area contributed by atoms with Crippen molar-refractivity contribution in [3.8, 4) is 0 Å². The van der Waals surface area contributed by atoms with Crippen LogP contribution in [0.15, 0.2) is 60.7 Å². The van der Waals surface area contributed by atoms with Crippen LogP contribution < -0.4 is 10.4 Å². The number of benzene rings is 2. The Labute approximate surface area is 153 Å². The Hall–Kier alpha value is -1.42. The third-order valence-corrected chi connectivity index (χ3v) is 8.85. The molecule has 0 saturated heterocycles. The van der Waals surface area contributed by atoms with Crippen molar-refractivity contribution >= 4 is 18.9 Å². The Kier molecular flexibility index (Phi) is 6.46. The minimum atomic E-state index is -2.69. The van der Waals surface area contributed by atoms with Crippen LogP contribution in [0.1, 0.15) is 46.0 Å². The van der Waals surface area contributed by atoms with Gasteiger partial charge in [0.15, 0.2) is 0 Å². The van der Waals surface area contributed by atoms with Crippen LogP contribution in [-0.2, 0) is 8.85 Å². The molecule has 0 spiro atoms. The molecule has 2 nitrogen and oxygen atoms in total. The molecular weight excluding hydrogens is 324 g/mol. The van der Waals surface area contributed by atoms with Crippen LogP contribution in [0.2, 0.25) is 0 Å². The van der Waals surface area contributed by atoms with Crippen molar-refractivity contribution in [3.63, 3.8) is 0 Å². The number of rotatable bonds is 7. The predicted molar refractivity (Wildman–Crippen MR) is 107 cm³/mol. The lowest BCUT2D eigenvalue weighted by atomic mass is 9.85. The Morgan fingerprint density at radius 1 is 0.840 bits per heavy atom. The SMILES string of the molecule is CCO[Si](OC1CCCCC1CC)(c1ccccc1)c1ccccc1. The first-order valence-corrected chi connectivity index (χ1v) is 11.5. The predicted octanol–water partition coefficient (Wildman–Crippen LogP) is 4.26. The highest BCUT2D eigenvalue weighted by Crippen LogP contribution is 2.31. The summed E-state index contributed by atoms with van der Waals surface area (Å²) in [5.74, 6) is 0.647. The fourth-order valence-electron chi connectivity index (χ4n) is 4.03. The van der Waals surface area contributed by atoms with Crippen LogP contribution in [0, 0.1) is 5.92 Å². The highest BCUT2D eigenvalue weighted by Gasteiger charge is 2.45. The molecule has 0 bridgehead atoms. The van der Waals surface area contributed by atoms with Crippen molar-refractivity contribution in [3.05, 3.63) is 60.7 Å². The van der Waals surface area contributed by atoms with Gasteiger partial charge in [-0.1, -0.05) is 86.8 Å². The Balaban J connectivity index is 2.04. The molecule has 0 aromatic heterocycles. The van der Waals surface area contributed by atoms with Crippen LogP contribution in [-0.4, -0.2) is 21.3 Å². The van der Waals surface area contributed by atoms with E-state index in [1.54, 1.807) is 0 Å². The summed E-state index contributed by atoms with van der Waals surface area (Å²) in [5.41, 5.74) is 0. The van der Waals surface area contributed by atoms with Crippen molar-refractivity contribution in [1.29, 1.82) is 0 Å². The minimum absolute atomic E-state index is 0.303. The first kappa shape index (κ1) is 18.4. The average Bonchev–Trinajstić information content (AvgIpc) is 2.69. The summed E-state index contributed by atoms with van der Waals surface area (Å²) in [5, 5.41) is 2.42. The standard InChI is InChI=1S/C22H30O2Si/c1-3-19-13-11-12-18-22(19)24-25(23-4-2,20-14-7-5-8-15-20)21-16-9-6-10-17-21/h5-10,14-17,19,22H,3-4,11-13,18H2,1-2H3. The van der Waals surface area contributed by atoms with E-state index in [9.17, 15) is 0 Å². The fraction of sp³-hybridized carbons (Fsp3) is 0.455. The molecule has 2 aromatic carbocycles. The topological polar surface area (TPSA) is 18.5 Å². The van der Waals surface area contributed by atoms with Gasteiger partial charge in [-0.25, -0.2) is 0 Å². The van der Waals surface area contributed by atoms with Gasteiger partial charge in [0.2, 0.25) is 0 Å². The van der Waals surface area contributed by atoms with Crippen LogP contribution in [0.4, 0.5) is 0 Å². The van der Waals surface area contributed by atoms with E-state index >= 15 is 0 Å². The quantitative estimate of drug-likeness (QED) is 0.692. The smallest absolute Gasteiger partial charge is 0.388 e. The third kappa shape index (κ3) is 4.05. The van der Waals surface area contributed by atoms with Gasteiger partial charge in [0.25, 0.3) is 0 Å². The lowest BCUT2D eigenvalue weighted by Crippen LogP contribution is -2.65. The maximum Gasteiger partial charge on any atom is 0.407 e. The van der Waals surface area contributed by atoms with Gasteiger partial charge in [-0.2, -0.15) is 0 Å². The molecule has 0 aliphatic heterocycles. The van der Waals surface area contributed by atoms with E-state index in [0.717, 1.165) is 6.42 Å². The van der Waals surface area contributed by atoms with Crippen LogP contribution in [0.3, 0.4) is 0 Å². The van der Waals surface area contributed by atoms with E-state index in [-0.39, 0.29) is 0 Å². The van der Waals surface area contributed by atoms with Gasteiger partial charge in [-0.3, -0.25) is 0 Å². The number of hydrogen-bond acceptors (Lipinski definition) is 2. The first-order chi connectivity index (χ1) is 12.3. The summed E-state index contributed by atoms with van der Waals surface area (Å²) in [6, 6.07) is 21.2. The average molecular weight is 355 g/mol. The minimum Gasteiger partial charge on any atom is -0.388 e. The summed E-state index contributed by atoms with van der Waals surface area (Å²) >= 11 is 0. The van der Waals surface area contributed by atoms with Gasteiger partial charge in [0.1, 0.15) is 0 Å². The van der Waals surface area contributed by atoms with E-state index in [2.05, 4.69) is 74.5 Å². The second kappa shape index (κ2) is 8.79. The van der Waals surface area contributed by atoms with E-state index < -0.39 is 8.56 Å². The largest absolute Gasteiger partial charge is 0.407 e. The molecule has 0 radical (unpaired) electrons. The molecule has 2 aromatic rings. The lowest BCUT2D eigenvalue weighted by molar-refractivity contribution is 0.0563. The van der Waals surface area contributed by atoms with Crippen LogP contribution >= 0.6 is 0 Å². The second-order valence-corrected chi connectivity index (χ2v) is 9.80. The summed E-state index contributed by atoms with van der Waals surface area (Å²) in [6.07, 6.45) is 6.52.